The lowest BCUT2D eigenvalue weighted by molar-refractivity contribution is 0.0205. The Morgan fingerprint density at radius 3 is 2.45 bits per heavy atom. The molecule has 1 amide bonds. The fourth-order valence-electron chi connectivity index (χ4n) is 4.83. The summed E-state index contributed by atoms with van der Waals surface area (Å²) >= 11 is 0. The summed E-state index contributed by atoms with van der Waals surface area (Å²) in [5.74, 6) is 1.10. The van der Waals surface area contributed by atoms with Gasteiger partial charge in [-0.1, -0.05) is 25.3 Å². The van der Waals surface area contributed by atoms with Gasteiger partial charge in [0, 0.05) is 19.1 Å². The number of rotatable bonds is 2. The number of nitrogens with two attached hydrogens (primary N) is 1. The highest BCUT2D eigenvalue weighted by Gasteiger charge is 2.28. The molecular weight excluding hydrogens is 364 g/mol. The van der Waals surface area contributed by atoms with Gasteiger partial charge in [-0.25, -0.2) is 9.78 Å². The number of hydrogen-bond acceptors (Lipinski definition) is 4. The zero-order chi connectivity index (χ0) is 20.6. The minimum Gasteiger partial charge on any atom is -0.444 e. The average Bonchev–Trinajstić information content (AvgIpc) is 3.02. The van der Waals surface area contributed by atoms with E-state index in [0.29, 0.717) is 17.9 Å². The number of amides is 1. The van der Waals surface area contributed by atoms with Crippen LogP contribution in [-0.4, -0.2) is 39.2 Å². The molecule has 29 heavy (non-hydrogen) atoms. The minimum absolute atomic E-state index is 0.199. The van der Waals surface area contributed by atoms with Crippen LogP contribution in [-0.2, 0) is 4.74 Å². The molecule has 1 aromatic heterocycles. The Labute approximate surface area is 173 Å². The monoisotopic (exact) mass is 398 g/mol. The lowest BCUT2D eigenvalue weighted by Crippen LogP contribution is -2.41. The second-order valence-electron chi connectivity index (χ2n) is 9.62. The first-order valence-electron chi connectivity index (χ1n) is 11.1. The number of anilines is 1. The molecule has 2 aliphatic rings. The lowest BCUT2D eigenvalue weighted by atomic mass is 9.89. The predicted molar refractivity (Wildman–Crippen MR) is 116 cm³/mol. The molecule has 1 aromatic carbocycles. The van der Waals surface area contributed by atoms with Crippen LogP contribution < -0.4 is 5.73 Å². The number of imidazole rings is 1. The molecule has 2 N–H and O–H groups in total. The van der Waals surface area contributed by atoms with Crippen LogP contribution in [0.2, 0.25) is 0 Å². The van der Waals surface area contributed by atoms with Crippen LogP contribution in [0.15, 0.2) is 18.2 Å². The van der Waals surface area contributed by atoms with E-state index in [1.807, 2.05) is 25.7 Å². The van der Waals surface area contributed by atoms with Crippen molar-refractivity contribution in [1.29, 1.82) is 0 Å². The quantitative estimate of drug-likeness (QED) is 0.751. The number of likely N-dealkylation sites (tertiary alicyclic amines) is 1. The first-order valence-corrected chi connectivity index (χ1v) is 11.1. The van der Waals surface area contributed by atoms with Crippen molar-refractivity contribution in [3.63, 3.8) is 0 Å². The van der Waals surface area contributed by atoms with Gasteiger partial charge in [0.15, 0.2) is 0 Å². The van der Waals surface area contributed by atoms with Gasteiger partial charge in [-0.05, 0) is 70.1 Å². The van der Waals surface area contributed by atoms with Crippen molar-refractivity contribution in [2.24, 2.45) is 0 Å². The van der Waals surface area contributed by atoms with E-state index in [0.717, 1.165) is 31.4 Å². The number of fused-ring (bicyclic) bond motifs is 1. The fraction of sp³-hybridized carbons (Fsp3) is 0.652. The number of hydrogen-bond donors (Lipinski definition) is 1. The number of ether oxygens (including phenoxy) is 1. The van der Waals surface area contributed by atoms with Crippen molar-refractivity contribution in [3.8, 4) is 0 Å². The molecule has 0 radical (unpaired) electrons. The van der Waals surface area contributed by atoms with Crippen molar-refractivity contribution in [1.82, 2.24) is 14.5 Å². The number of piperidine rings is 1. The highest BCUT2D eigenvalue weighted by atomic mass is 16.6. The van der Waals surface area contributed by atoms with Gasteiger partial charge in [0.05, 0.1) is 11.0 Å². The SMILES string of the molecule is CC(C)(C)OC(=O)N1CCC(c2ccc3nc(N)n(C4CCCCC4)c3c2)CC1. The van der Waals surface area contributed by atoms with Crippen LogP contribution in [0.5, 0.6) is 0 Å². The van der Waals surface area contributed by atoms with Gasteiger partial charge in [-0.3, -0.25) is 0 Å². The number of nitrogens with zero attached hydrogens (tertiary/aromatic N) is 3. The molecule has 1 saturated heterocycles. The molecule has 6 nitrogen and oxygen atoms in total. The Morgan fingerprint density at radius 1 is 1.10 bits per heavy atom. The van der Waals surface area contributed by atoms with Gasteiger partial charge in [-0.15, -0.1) is 0 Å². The number of carbonyl (C=O) groups is 1. The van der Waals surface area contributed by atoms with E-state index in [4.69, 9.17) is 10.5 Å². The zero-order valence-corrected chi connectivity index (χ0v) is 18.0. The Morgan fingerprint density at radius 2 is 1.79 bits per heavy atom. The second kappa shape index (κ2) is 7.88. The molecule has 6 heteroatoms. The number of nitrogen functional groups attached to an aromatic ring is 1. The van der Waals surface area contributed by atoms with Crippen LogP contribution in [0.1, 0.15) is 83.2 Å². The summed E-state index contributed by atoms with van der Waals surface area (Å²) in [6, 6.07) is 7.06. The first-order chi connectivity index (χ1) is 13.8. The van der Waals surface area contributed by atoms with Crippen LogP contribution in [0.4, 0.5) is 10.7 Å². The minimum atomic E-state index is -0.448. The predicted octanol–water partition coefficient (Wildman–Crippen LogP) is 5.24. The van der Waals surface area contributed by atoms with Crippen molar-refractivity contribution >= 4 is 23.1 Å². The summed E-state index contributed by atoms with van der Waals surface area (Å²) in [5, 5.41) is 0. The topological polar surface area (TPSA) is 73.4 Å². The molecule has 2 fully saturated rings. The molecule has 0 atom stereocenters. The number of carbonyl (C=O) groups excluding carboxylic acids is 1. The average molecular weight is 399 g/mol. The van der Waals surface area contributed by atoms with Crippen molar-refractivity contribution < 1.29 is 9.53 Å². The number of benzene rings is 1. The van der Waals surface area contributed by atoms with Crippen molar-refractivity contribution in [2.45, 2.75) is 83.3 Å². The van der Waals surface area contributed by atoms with Gasteiger partial charge in [0.2, 0.25) is 5.95 Å². The fourth-order valence-corrected chi connectivity index (χ4v) is 4.83. The van der Waals surface area contributed by atoms with E-state index < -0.39 is 5.60 Å². The van der Waals surface area contributed by atoms with E-state index in [2.05, 4.69) is 27.8 Å². The lowest BCUT2D eigenvalue weighted by Gasteiger charge is -2.33. The standard InChI is InChI=1S/C23H34N4O2/c1-23(2,3)29-22(28)26-13-11-16(12-14-26)17-9-10-19-20(15-17)27(21(24)25-19)18-7-5-4-6-8-18/h9-10,15-16,18H,4-8,11-14H2,1-3H3,(H2,24,25). The highest BCUT2D eigenvalue weighted by molar-refractivity contribution is 5.79. The molecule has 0 bridgehead atoms. The Balaban J connectivity index is 1.50. The Hall–Kier alpha value is -2.24. The third kappa shape index (κ3) is 4.36. The molecule has 1 aliphatic heterocycles. The maximum absolute atomic E-state index is 12.3. The summed E-state index contributed by atoms with van der Waals surface area (Å²) in [4.78, 5) is 18.8. The maximum Gasteiger partial charge on any atom is 0.410 e. The summed E-state index contributed by atoms with van der Waals surface area (Å²) in [5.41, 5.74) is 9.35. The Kier molecular flexibility index (Phi) is 5.45. The normalized spacial score (nSPS) is 19.6. The smallest absolute Gasteiger partial charge is 0.410 e. The molecule has 0 unspecified atom stereocenters. The molecule has 2 aromatic rings. The highest BCUT2D eigenvalue weighted by Crippen LogP contribution is 2.36. The van der Waals surface area contributed by atoms with Gasteiger partial charge in [0.25, 0.3) is 0 Å². The third-order valence-electron chi connectivity index (χ3n) is 6.30. The van der Waals surface area contributed by atoms with Gasteiger partial charge < -0.3 is 19.9 Å². The molecule has 158 valence electrons. The third-order valence-corrected chi connectivity index (χ3v) is 6.30. The van der Waals surface area contributed by atoms with Crippen LogP contribution in [0.3, 0.4) is 0 Å². The molecular formula is C23H34N4O2. The molecule has 0 spiro atoms. The second-order valence-corrected chi connectivity index (χ2v) is 9.62. The van der Waals surface area contributed by atoms with Gasteiger partial charge >= 0.3 is 6.09 Å². The van der Waals surface area contributed by atoms with E-state index >= 15 is 0 Å². The molecule has 2 heterocycles. The van der Waals surface area contributed by atoms with Crippen LogP contribution >= 0.6 is 0 Å². The van der Waals surface area contributed by atoms with E-state index in [1.165, 1.54) is 43.2 Å². The maximum atomic E-state index is 12.3. The van der Waals surface area contributed by atoms with Crippen LogP contribution in [0, 0.1) is 0 Å². The summed E-state index contributed by atoms with van der Waals surface area (Å²) in [6.45, 7) is 7.21. The summed E-state index contributed by atoms with van der Waals surface area (Å²) in [6.07, 6.45) is 7.95. The van der Waals surface area contributed by atoms with E-state index in [-0.39, 0.29) is 6.09 Å². The first kappa shape index (κ1) is 20.0. The van der Waals surface area contributed by atoms with Crippen molar-refractivity contribution in [2.75, 3.05) is 18.8 Å². The number of aromatic nitrogens is 2. The summed E-state index contributed by atoms with van der Waals surface area (Å²) < 4.78 is 7.79. The van der Waals surface area contributed by atoms with E-state index in [1.54, 1.807) is 0 Å². The summed E-state index contributed by atoms with van der Waals surface area (Å²) in [7, 11) is 0. The van der Waals surface area contributed by atoms with E-state index in [9.17, 15) is 4.79 Å². The Bertz CT molecular complexity index is 869. The van der Waals surface area contributed by atoms with Crippen LogP contribution in [0.25, 0.3) is 11.0 Å². The van der Waals surface area contributed by atoms with Gasteiger partial charge in [0.1, 0.15) is 5.60 Å². The largest absolute Gasteiger partial charge is 0.444 e. The van der Waals surface area contributed by atoms with Crippen molar-refractivity contribution in [3.05, 3.63) is 23.8 Å². The van der Waals surface area contributed by atoms with Gasteiger partial charge in [-0.2, -0.15) is 0 Å². The molecule has 1 aliphatic carbocycles. The molecule has 4 rings (SSSR count). The zero-order valence-electron chi connectivity index (χ0n) is 18.0. The molecule has 1 saturated carbocycles.